The minimum absolute atomic E-state index is 0.352. The molecule has 0 fully saturated rings. The van der Waals surface area contributed by atoms with E-state index in [1.807, 2.05) is 45.0 Å². The summed E-state index contributed by atoms with van der Waals surface area (Å²) in [4.78, 5) is 0. The first-order valence-electron chi connectivity index (χ1n) is 5.06. The fourth-order valence-corrected chi connectivity index (χ4v) is 0.929. The van der Waals surface area contributed by atoms with E-state index >= 15 is 0 Å². The molecule has 1 unspecified atom stereocenters. The van der Waals surface area contributed by atoms with Crippen LogP contribution < -0.4 is 4.74 Å². The summed E-state index contributed by atoms with van der Waals surface area (Å²) in [5, 5.41) is 8.98. The van der Waals surface area contributed by atoms with Crippen molar-refractivity contribution in [2.45, 2.75) is 33.8 Å². The van der Waals surface area contributed by atoms with Crippen LogP contribution in [-0.2, 0) is 0 Å². The van der Waals surface area contributed by atoms with Crippen LogP contribution in [0.1, 0.15) is 26.3 Å². The van der Waals surface area contributed by atoms with Crippen LogP contribution in [0.2, 0.25) is 0 Å². The van der Waals surface area contributed by atoms with E-state index in [0.29, 0.717) is 6.61 Å². The Balaban J connectivity index is 0.000000791. The predicted octanol–water partition coefficient (Wildman–Crippen LogP) is 2.78. The highest BCUT2D eigenvalue weighted by atomic mass is 16.5. The number of rotatable bonds is 3. The number of ether oxygens (including phenoxy) is 1. The molecule has 0 bridgehead atoms. The van der Waals surface area contributed by atoms with Crippen molar-refractivity contribution in [2.75, 3.05) is 6.61 Å². The van der Waals surface area contributed by atoms with Gasteiger partial charge in [0.05, 0.1) is 6.10 Å². The van der Waals surface area contributed by atoms with Crippen molar-refractivity contribution in [2.24, 2.45) is 0 Å². The lowest BCUT2D eigenvalue weighted by molar-refractivity contribution is 0.122. The van der Waals surface area contributed by atoms with Gasteiger partial charge in [0.25, 0.3) is 0 Å². The fourth-order valence-electron chi connectivity index (χ4n) is 0.929. The molecule has 1 rings (SSSR count). The normalized spacial score (nSPS) is 11.2. The van der Waals surface area contributed by atoms with Crippen LogP contribution in [-0.4, -0.2) is 17.8 Å². The molecule has 1 aromatic carbocycles. The Morgan fingerprint density at radius 1 is 1.29 bits per heavy atom. The maximum absolute atomic E-state index is 8.98. The van der Waals surface area contributed by atoms with Crippen molar-refractivity contribution in [1.82, 2.24) is 0 Å². The summed E-state index contributed by atoms with van der Waals surface area (Å²) >= 11 is 0. The second-order valence-electron chi connectivity index (χ2n) is 2.93. The van der Waals surface area contributed by atoms with E-state index in [1.54, 1.807) is 6.92 Å². The molecule has 0 radical (unpaired) electrons. The zero-order valence-corrected chi connectivity index (χ0v) is 9.45. The molecule has 2 heteroatoms. The summed E-state index contributed by atoms with van der Waals surface area (Å²) in [6.45, 7) is 8.04. The van der Waals surface area contributed by atoms with Gasteiger partial charge in [-0.25, -0.2) is 0 Å². The van der Waals surface area contributed by atoms with Gasteiger partial charge in [-0.1, -0.05) is 32.0 Å². The summed E-state index contributed by atoms with van der Waals surface area (Å²) in [7, 11) is 0. The molecular formula is C12H20O2. The quantitative estimate of drug-likeness (QED) is 0.805. The largest absolute Gasteiger partial charge is 0.491 e. The minimum atomic E-state index is -0.412. The average Bonchev–Trinajstić information content (AvgIpc) is 2.19. The Morgan fingerprint density at radius 2 is 1.86 bits per heavy atom. The number of hydrogen-bond donors (Lipinski definition) is 1. The van der Waals surface area contributed by atoms with E-state index in [-0.39, 0.29) is 0 Å². The molecule has 0 aliphatic carbocycles. The molecule has 0 saturated heterocycles. The van der Waals surface area contributed by atoms with Crippen LogP contribution >= 0.6 is 0 Å². The van der Waals surface area contributed by atoms with Gasteiger partial charge in [0.1, 0.15) is 12.4 Å². The third-order valence-electron chi connectivity index (χ3n) is 1.57. The van der Waals surface area contributed by atoms with E-state index in [2.05, 4.69) is 0 Å². The predicted molar refractivity (Wildman–Crippen MR) is 59.7 cm³/mol. The average molecular weight is 196 g/mol. The van der Waals surface area contributed by atoms with Crippen LogP contribution in [0.25, 0.3) is 0 Å². The van der Waals surface area contributed by atoms with E-state index in [0.717, 1.165) is 11.3 Å². The molecule has 0 saturated carbocycles. The topological polar surface area (TPSA) is 29.5 Å². The highest BCUT2D eigenvalue weighted by Crippen LogP contribution is 2.15. The van der Waals surface area contributed by atoms with E-state index in [4.69, 9.17) is 9.84 Å². The standard InChI is InChI=1S/C10H14O2.C2H6/c1-8-5-3-4-6-10(8)12-7-9(2)11;1-2/h3-6,9,11H,7H2,1-2H3;1-2H3. The van der Waals surface area contributed by atoms with Gasteiger partial charge in [-0.15, -0.1) is 0 Å². The van der Waals surface area contributed by atoms with E-state index in [1.165, 1.54) is 0 Å². The number of para-hydroxylation sites is 1. The van der Waals surface area contributed by atoms with Crippen molar-refractivity contribution >= 4 is 0 Å². The Kier molecular flexibility index (Phi) is 6.85. The van der Waals surface area contributed by atoms with Gasteiger partial charge in [0.15, 0.2) is 0 Å². The lowest BCUT2D eigenvalue weighted by Crippen LogP contribution is -2.13. The SMILES string of the molecule is CC.Cc1ccccc1OCC(C)O. The first kappa shape index (κ1) is 13.0. The molecule has 0 heterocycles. The van der Waals surface area contributed by atoms with Crippen LogP contribution in [0.3, 0.4) is 0 Å². The van der Waals surface area contributed by atoms with Crippen molar-refractivity contribution in [3.8, 4) is 5.75 Å². The summed E-state index contributed by atoms with van der Waals surface area (Å²) < 4.78 is 5.35. The number of aliphatic hydroxyl groups is 1. The third kappa shape index (κ3) is 4.87. The second-order valence-corrected chi connectivity index (χ2v) is 2.93. The van der Waals surface area contributed by atoms with Gasteiger partial charge in [-0.3, -0.25) is 0 Å². The molecule has 0 aromatic heterocycles. The molecule has 2 nitrogen and oxygen atoms in total. The van der Waals surface area contributed by atoms with Crippen molar-refractivity contribution < 1.29 is 9.84 Å². The third-order valence-corrected chi connectivity index (χ3v) is 1.57. The van der Waals surface area contributed by atoms with Gasteiger partial charge in [-0.2, -0.15) is 0 Å². The lowest BCUT2D eigenvalue weighted by atomic mass is 10.2. The van der Waals surface area contributed by atoms with Gasteiger partial charge >= 0.3 is 0 Å². The number of aryl methyl sites for hydroxylation is 1. The Hall–Kier alpha value is -1.02. The first-order chi connectivity index (χ1) is 6.70. The van der Waals surface area contributed by atoms with Crippen molar-refractivity contribution in [1.29, 1.82) is 0 Å². The molecule has 0 aliphatic heterocycles. The van der Waals surface area contributed by atoms with Crippen LogP contribution in [0.4, 0.5) is 0 Å². The van der Waals surface area contributed by atoms with Gasteiger partial charge in [0, 0.05) is 0 Å². The summed E-state index contributed by atoms with van der Waals surface area (Å²) in [6.07, 6.45) is -0.412. The van der Waals surface area contributed by atoms with Crippen molar-refractivity contribution in [3.63, 3.8) is 0 Å². The summed E-state index contributed by atoms with van der Waals surface area (Å²) in [6, 6.07) is 7.77. The van der Waals surface area contributed by atoms with Crippen LogP contribution in [0.5, 0.6) is 5.75 Å². The monoisotopic (exact) mass is 196 g/mol. The van der Waals surface area contributed by atoms with Crippen LogP contribution in [0.15, 0.2) is 24.3 Å². The zero-order valence-electron chi connectivity index (χ0n) is 9.45. The van der Waals surface area contributed by atoms with Gasteiger partial charge < -0.3 is 9.84 Å². The highest BCUT2D eigenvalue weighted by Gasteiger charge is 1.99. The molecule has 80 valence electrons. The fraction of sp³-hybridized carbons (Fsp3) is 0.500. The lowest BCUT2D eigenvalue weighted by Gasteiger charge is -2.09. The zero-order chi connectivity index (χ0) is 11.0. The van der Waals surface area contributed by atoms with E-state index < -0.39 is 6.10 Å². The molecule has 0 aliphatic rings. The Morgan fingerprint density at radius 3 is 2.36 bits per heavy atom. The summed E-state index contributed by atoms with van der Waals surface area (Å²) in [5.74, 6) is 0.846. The number of hydrogen-bond acceptors (Lipinski definition) is 2. The number of benzene rings is 1. The molecule has 0 spiro atoms. The second kappa shape index (κ2) is 7.39. The Labute approximate surface area is 86.5 Å². The van der Waals surface area contributed by atoms with Crippen molar-refractivity contribution in [3.05, 3.63) is 29.8 Å². The maximum atomic E-state index is 8.98. The molecule has 1 aromatic rings. The molecule has 1 N–H and O–H groups in total. The minimum Gasteiger partial charge on any atom is -0.491 e. The Bertz CT molecular complexity index is 244. The van der Waals surface area contributed by atoms with Gasteiger partial charge in [-0.05, 0) is 25.5 Å². The number of aliphatic hydroxyl groups excluding tert-OH is 1. The molecule has 1 atom stereocenters. The molecule has 0 amide bonds. The molecule has 14 heavy (non-hydrogen) atoms. The highest BCUT2D eigenvalue weighted by molar-refractivity contribution is 5.31. The molecular weight excluding hydrogens is 176 g/mol. The smallest absolute Gasteiger partial charge is 0.122 e. The first-order valence-corrected chi connectivity index (χ1v) is 5.06. The van der Waals surface area contributed by atoms with E-state index in [9.17, 15) is 0 Å². The van der Waals surface area contributed by atoms with Gasteiger partial charge in [0.2, 0.25) is 0 Å². The summed E-state index contributed by atoms with van der Waals surface area (Å²) in [5.41, 5.74) is 1.10. The van der Waals surface area contributed by atoms with Crippen LogP contribution in [0, 0.1) is 6.92 Å². The maximum Gasteiger partial charge on any atom is 0.122 e.